The molecule has 3 heterocycles. The van der Waals surface area contributed by atoms with Crippen LogP contribution in [-0.4, -0.2) is 37.9 Å². The van der Waals surface area contributed by atoms with Crippen LogP contribution in [0.3, 0.4) is 0 Å². The van der Waals surface area contributed by atoms with Crippen molar-refractivity contribution in [3.05, 3.63) is 89.6 Å². The average Bonchev–Trinajstić information content (AvgIpc) is 3.23. The van der Waals surface area contributed by atoms with Gasteiger partial charge in [-0.05, 0) is 36.8 Å². The van der Waals surface area contributed by atoms with E-state index in [1.165, 1.54) is 12.4 Å². The van der Waals surface area contributed by atoms with Crippen LogP contribution in [0.4, 0.5) is 5.69 Å². The lowest BCUT2D eigenvalue weighted by Gasteiger charge is -2.11. The fourth-order valence-corrected chi connectivity index (χ4v) is 3.61. The number of carbonyl (C=O) groups excluding carboxylic acids is 2. The maximum Gasteiger partial charge on any atom is 0.228 e. The van der Waals surface area contributed by atoms with Crippen molar-refractivity contribution in [3.8, 4) is 6.07 Å². The van der Waals surface area contributed by atoms with Crippen LogP contribution in [0, 0.1) is 11.3 Å². The zero-order valence-electron chi connectivity index (χ0n) is 17.9. The Morgan fingerprint density at radius 1 is 1.15 bits per heavy atom. The van der Waals surface area contributed by atoms with E-state index in [2.05, 4.69) is 15.3 Å². The van der Waals surface area contributed by atoms with E-state index in [-0.39, 0.29) is 30.8 Å². The number of fused-ring (bicyclic) bond motifs is 1. The smallest absolute Gasteiger partial charge is 0.228 e. The normalized spacial score (nSPS) is 11.7. The maximum atomic E-state index is 13.3. The molecular weight excluding hydrogens is 418 g/mol. The van der Waals surface area contributed by atoms with Gasteiger partial charge in [0.15, 0.2) is 5.78 Å². The summed E-state index contributed by atoms with van der Waals surface area (Å²) in [6, 6.07) is 12.0. The van der Waals surface area contributed by atoms with Gasteiger partial charge in [0, 0.05) is 41.3 Å². The Bertz CT molecular complexity index is 1370. The highest BCUT2D eigenvalue weighted by Gasteiger charge is 2.20. The Morgan fingerprint density at radius 2 is 1.94 bits per heavy atom. The van der Waals surface area contributed by atoms with E-state index in [0.717, 1.165) is 11.1 Å². The van der Waals surface area contributed by atoms with Gasteiger partial charge in [0.25, 0.3) is 0 Å². The minimum absolute atomic E-state index is 0.0674. The molecule has 0 aliphatic heterocycles. The summed E-state index contributed by atoms with van der Waals surface area (Å²) in [4.78, 5) is 34.0. The molecular formula is C25H21N5O3. The topological polar surface area (TPSA) is 121 Å². The number of aliphatic hydroxyl groups excluding tert-OH is 1. The van der Waals surface area contributed by atoms with Crippen molar-refractivity contribution in [3.63, 3.8) is 0 Å². The Hall–Kier alpha value is -4.35. The zero-order valence-corrected chi connectivity index (χ0v) is 17.9. The van der Waals surface area contributed by atoms with Crippen molar-refractivity contribution in [1.82, 2.24) is 14.5 Å². The summed E-state index contributed by atoms with van der Waals surface area (Å²) < 4.78 is 1.85. The molecule has 2 N–H and O–H groups in total. The minimum Gasteiger partial charge on any atom is -0.394 e. The Balaban J connectivity index is 1.56. The third kappa shape index (κ3) is 4.63. The summed E-state index contributed by atoms with van der Waals surface area (Å²) in [7, 11) is 0. The number of hydrogen-bond donors (Lipinski definition) is 2. The summed E-state index contributed by atoms with van der Waals surface area (Å²) >= 11 is 0. The molecule has 0 bridgehead atoms. The lowest BCUT2D eigenvalue weighted by Crippen LogP contribution is -2.15. The molecule has 0 saturated heterocycles. The van der Waals surface area contributed by atoms with Crippen LogP contribution in [0.25, 0.3) is 10.9 Å². The molecule has 164 valence electrons. The number of nitriles is 1. The lowest BCUT2D eigenvalue weighted by atomic mass is 10.0. The van der Waals surface area contributed by atoms with Crippen molar-refractivity contribution in [2.24, 2.45) is 0 Å². The van der Waals surface area contributed by atoms with Gasteiger partial charge in [-0.1, -0.05) is 12.1 Å². The Labute approximate surface area is 190 Å². The minimum atomic E-state index is -0.260. The third-order valence-corrected chi connectivity index (χ3v) is 5.35. The standard InChI is InChI=1S/C25H21N5O3/c1-16(15-31)30-14-22(21-13-27-7-6-23(21)30)25(33)19-9-20(12-28-11-19)29-24(32)8-17-2-4-18(10-26)5-3-17/h2-7,9,11-14,16,31H,8,15H2,1H3,(H,29,32). The number of carbonyl (C=O) groups is 2. The van der Waals surface area contributed by atoms with Crippen LogP contribution in [-0.2, 0) is 11.2 Å². The molecule has 1 unspecified atom stereocenters. The van der Waals surface area contributed by atoms with Gasteiger partial charge in [-0.3, -0.25) is 19.6 Å². The van der Waals surface area contributed by atoms with E-state index < -0.39 is 0 Å². The molecule has 1 aromatic carbocycles. The molecule has 4 aromatic rings. The molecule has 0 fully saturated rings. The summed E-state index contributed by atoms with van der Waals surface area (Å²) in [5, 5.41) is 21.9. The van der Waals surface area contributed by atoms with Crippen molar-refractivity contribution >= 4 is 28.3 Å². The number of aromatic nitrogens is 3. The van der Waals surface area contributed by atoms with Crippen LogP contribution >= 0.6 is 0 Å². The van der Waals surface area contributed by atoms with Gasteiger partial charge >= 0.3 is 0 Å². The van der Waals surface area contributed by atoms with E-state index in [0.29, 0.717) is 27.8 Å². The fraction of sp³-hybridized carbons (Fsp3) is 0.160. The highest BCUT2D eigenvalue weighted by atomic mass is 16.3. The first-order chi connectivity index (χ1) is 16.0. The van der Waals surface area contributed by atoms with Crippen molar-refractivity contribution < 1.29 is 14.7 Å². The van der Waals surface area contributed by atoms with E-state index in [9.17, 15) is 14.7 Å². The van der Waals surface area contributed by atoms with Gasteiger partial charge in [0.1, 0.15) is 0 Å². The summed E-state index contributed by atoms with van der Waals surface area (Å²) in [6.07, 6.45) is 8.04. The van der Waals surface area contributed by atoms with Gasteiger partial charge in [-0.25, -0.2) is 0 Å². The predicted molar refractivity (Wildman–Crippen MR) is 123 cm³/mol. The number of anilines is 1. The SMILES string of the molecule is CC(CO)n1cc(C(=O)c2cncc(NC(=O)Cc3ccc(C#N)cc3)c2)c2cnccc21. The fourth-order valence-electron chi connectivity index (χ4n) is 3.61. The molecule has 33 heavy (non-hydrogen) atoms. The number of pyridine rings is 2. The summed E-state index contributed by atoms with van der Waals surface area (Å²) in [6.45, 7) is 1.79. The number of ketones is 1. The second-order valence-corrected chi connectivity index (χ2v) is 7.70. The van der Waals surface area contributed by atoms with E-state index in [1.807, 2.05) is 17.6 Å². The molecule has 8 heteroatoms. The molecule has 1 amide bonds. The van der Waals surface area contributed by atoms with Crippen LogP contribution in [0.5, 0.6) is 0 Å². The molecule has 1 atom stereocenters. The average molecular weight is 439 g/mol. The number of hydrogen-bond acceptors (Lipinski definition) is 6. The third-order valence-electron chi connectivity index (χ3n) is 5.35. The van der Waals surface area contributed by atoms with Crippen LogP contribution < -0.4 is 5.32 Å². The molecule has 3 aromatic heterocycles. The number of nitrogens with one attached hydrogen (secondary N) is 1. The van der Waals surface area contributed by atoms with Crippen LogP contribution in [0.1, 0.15) is 40.0 Å². The van der Waals surface area contributed by atoms with Crippen LogP contribution in [0.2, 0.25) is 0 Å². The van der Waals surface area contributed by atoms with E-state index in [1.54, 1.807) is 55.0 Å². The van der Waals surface area contributed by atoms with Crippen molar-refractivity contribution in [2.45, 2.75) is 19.4 Å². The van der Waals surface area contributed by atoms with Crippen molar-refractivity contribution in [1.29, 1.82) is 5.26 Å². The highest BCUT2D eigenvalue weighted by molar-refractivity contribution is 6.16. The molecule has 0 spiro atoms. The van der Waals surface area contributed by atoms with Crippen molar-refractivity contribution in [2.75, 3.05) is 11.9 Å². The quantitative estimate of drug-likeness (QED) is 0.426. The summed E-state index contributed by atoms with van der Waals surface area (Å²) in [5.74, 6) is -0.517. The number of amides is 1. The van der Waals surface area contributed by atoms with Crippen LogP contribution in [0.15, 0.2) is 67.4 Å². The van der Waals surface area contributed by atoms with E-state index in [4.69, 9.17) is 5.26 Å². The summed E-state index contributed by atoms with van der Waals surface area (Å²) in [5.41, 5.74) is 3.27. The Kier molecular flexibility index (Phi) is 6.24. The molecule has 0 aliphatic rings. The number of nitrogens with zero attached hydrogens (tertiary/aromatic N) is 4. The number of aliphatic hydroxyl groups is 1. The lowest BCUT2D eigenvalue weighted by molar-refractivity contribution is -0.115. The largest absolute Gasteiger partial charge is 0.394 e. The second-order valence-electron chi connectivity index (χ2n) is 7.70. The van der Waals surface area contributed by atoms with E-state index >= 15 is 0 Å². The molecule has 4 rings (SSSR count). The predicted octanol–water partition coefficient (Wildman–Crippen LogP) is 3.27. The first kappa shape index (κ1) is 21.9. The Morgan fingerprint density at radius 3 is 2.67 bits per heavy atom. The maximum absolute atomic E-state index is 13.3. The van der Waals surface area contributed by atoms with Gasteiger partial charge in [0.05, 0.1) is 48.1 Å². The second kappa shape index (κ2) is 9.42. The molecule has 0 aliphatic carbocycles. The number of rotatable bonds is 7. The highest BCUT2D eigenvalue weighted by Crippen LogP contribution is 2.26. The molecule has 0 saturated carbocycles. The van der Waals surface area contributed by atoms with Gasteiger partial charge < -0.3 is 15.0 Å². The number of benzene rings is 1. The van der Waals surface area contributed by atoms with Gasteiger partial charge in [0.2, 0.25) is 5.91 Å². The molecule has 0 radical (unpaired) electrons. The first-order valence-electron chi connectivity index (χ1n) is 10.3. The first-order valence-corrected chi connectivity index (χ1v) is 10.3. The zero-order chi connectivity index (χ0) is 23.4. The van der Waals surface area contributed by atoms with Gasteiger partial charge in [-0.15, -0.1) is 0 Å². The monoisotopic (exact) mass is 439 g/mol. The van der Waals surface area contributed by atoms with Gasteiger partial charge in [-0.2, -0.15) is 5.26 Å². The molecule has 8 nitrogen and oxygen atoms in total.